The quantitative estimate of drug-likeness (QED) is 0.829. The van der Waals surface area contributed by atoms with Crippen molar-refractivity contribution in [2.24, 2.45) is 5.73 Å². The number of methoxy groups -OCH3 is 1. The Morgan fingerprint density at radius 1 is 1.57 bits per heavy atom. The van der Waals surface area contributed by atoms with Crippen LogP contribution in [-0.2, 0) is 4.74 Å². The van der Waals surface area contributed by atoms with Crippen molar-refractivity contribution in [2.45, 2.75) is 6.04 Å². The smallest absolute Gasteiger partial charge is 0.0992 e. The van der Waals surface area contributed by atoms with Crippen molar-refractivity contribution < 1.29 is 4.74 Å². The van der Waals surface area contributed by atoms with E-state index in [0.29, 0.717) is 17.2 Å². The Balaban J connectivity index is 2.98. The Kier molecular flexibility index (Phi) is 3.90. The first-order chi connectivity index (χ1) is 6.67. The fourth-order valence-electron chi connectivity index (χ4n) is 1.17. The number of rotatable bonds is 3. The van der Waals surface area contributed by atoms with Gasteiger partial charge in [-0.25, -0.2) is 0 Å². The molecule has 0 aliphatic rings. The van der Waals surface area contributed by atoms with E-state index in [1.54, 1.807) is 25.3 Å². The number of ether oxygens (including phenoxy) is 1. The van der Waals surface area contributed by atoms with E-state index in [2.05, 4.69) is 0 Å². The Bertz CT molecular complexity index is 360. The number of benzene rings is 1. The second kappa shape index (κ2) is 4.97. The molecule has 0 saturated heterocycles. The lowest BCUT2D eigenvalue weighted by molar-refractivity contribution is 0.181. The molecule has 0 aromatic heterocycles. The molecule has 0 fully saturated rings. The molecule has 1 aromatic carbocycles. The average Bonchev–Trinajstić information content (AvgIpc) is 2.17. The normalized spacial score (nSPS) is 12.1. The van der Waals surface area contributed by atoms with Gasteiger partial charge in [0.15, 0.2) is 0 Å². The monoisotopic (exact) mass is 210 g/mol. The lowest BCUT2D eigenvalue weighted by Crippen LogP contribution is -2.16. The molecular weight excluding hydrogens is 200 g/mol. The Labute approximate surface area is 88.0 Å². The van der Waals surface area contributed by atoms with Crippen molar-refractivity contribution in [1.82, 2.24) is 0 Å². The molecule has 1 rings (SSSR count). The molecule has 0 heterocycles. The van der Waals surface area contributed by atoms with E-state index < -0.39 is 0 Å². The van der Waals surface area contributed by atoms with E-state index in [1.165, 1.54) is 0 Å². The predicted molar refractivity (Wildman–Crippen MR) is 55.0 cm³/mol. The number of halogens is 1. The zero-order valence-corrected chi connectivity index (χ0v) is 8.58. The summed E-state index contributed by atoms with van der Waals surface area (Å²) in [5.41, 5.74) is 7.13. The number of nitrogens with zero attached hydrogens (tertiary/aromatic N) is 1. The second-order valence-electron chi connectivity index (χ2n) is 2.95. The highest BCUT2D eigenvalue weighted by molar-refractivity contribution is 6.30. The van der Waals surface area contributed by atoms with Gasteiger partial charge in [0, 0.05) is 12.1 Å². The summed E-state index contributed by atoms with van der Waals surface area (Å²) in [4.78, 5) is 0. The van der Waals surface area contributed by atoms with Crippen molar-refractivity contribution in [3.8, 4) is 6.07 Å². The summed E-state index contributed by atoms with van der Waals surface area (Å²) in [6.45, 7) is 0.408. The van der Waals surface area contributed by atoms with Crippen LogP contribution < -0.4 is 5.73 Å². The van der Waals surface area contributed by atoms with Gasteiger partial charge >= 0.3 is 0 Å². The lowest BCUT2D eigenvalue weighted by Gasteiger charge is -2.11. The maximum atomic E-state index is 8.72. The van der Waals surface area contributed by atoms with Crippen LogP contribution in [-0.4, -0.2) is 13.7 Å². The molecule has 0 aliphatic carbocycles. The molecule has 3 nitrogen and oxygen atoms in total. The van der Waals surface area contributed by atoms with Gasteiger partial charge in [0.05, 0.1) is 24.3 Å². The van der Waals surface area contributed by atoms with E-state index in [4.69, 9.17) is 27.3 Å². The number of nitrogens with two attached hydrogens (primary N) is 1. The van der Waals surface area contributed by atoms with Crippen LogP contribution in [0.4, 0.5) is 0 Å². The largest absolute Gasteiger partial charge is 0.383 e. The predicted octanol–water partition coefficient (Wildman–Crippen LogP) is 1.86. The minimum absolute atomic E-state index is 0.245. The Morgan fingerprint density at radius 3 is 2.86 bits per heavy atom. The number of hydrogen-bond acceptors (Lipinski definition) is 3. The van der Waals surface area contributed by atoms with Gasteiger partial charge in [0.25, 0.3) is 0 Å². The highest BCUT2D eigenvalue weighted by Crippen LogP contribution is 2.19. The molecule has 1 aromatic rings. The molecule has 1 atom stereocenters. The second-order valence-corrected chi connectivity index (χ2v) is 3.38. The summed E-state index contributed by atoms with van der Waals surface area (Å²) in [6, 6.07) is 6.84. The van der Waals surface area contributed by atoms with Gasteiger partial charge in [-0.3, -0.25) is 0 Å². The first-order valence-electron chi connectivity index (χ1n) is 4.12. The third kappa shape index (κ3) is 2.71. The van der Waals surface area contributed by atoms with Crippen LogP contribution in [0.1, 0.15) is 17.2 Å². The molecule has 0 bridgehead atoms. The van der Waals surface area contributed by atoms with Gasteiger partial charge in [0.1, 0.15) is 0 Å². The first kappa shape index (κ1) is 11.0. The molecule has 0 spiro atoms. The van der Waals surface area contributed by atoms with Crippen molar-refractivity contribution >= 4 is 11.6 Å². The van der Waals surface area contributed by atoms with Gasteiger partial charge in [-0.05, 0) is 23.8 Å². The van der Waals surface area contributed by atoms with Crippen molar-refractivity contribution in [3.05, 3.63) is 34.3 Å². The van der Waals surface area contributed by atoms with E-state index in [-0.39, 0.29) is 6.04 Å². The van der Waals surface area contributed by atoms with Crippen LogP contribution in [0.3, 0.4) is 0 Å². The standard InChI is InChI=1S/C10H11ClN2O/c1-14-6-10(13)8-2-7(5-12)3-9(11)4-8/h2-4,10H,6,13H2,1H3/t10-/m1/s1. The lowest BCUT2D eigenvalue weighted by atomic mass is 10.1. The molecule has 0 saturated carbocycles. The van der Waals surface area contributed by atoms with Crippen LogP contribution in [0, 0.1) is 11.3 Å². The van der Waals surface area contributed by atoms with Gasteiger partial charge in [-0.2, -0.15) is 5.26 Å². The minimum Gasteiger partial charge on any atom is -0.383 e. The molecule has 4 heteroatoms. The fraction of sp³-hybridized carbons (Fsp3) is 0.300. The van der Waals surface area contributed by atoms with Crippen LogP contribution in [0.15, 0.2) is 18.2 Å². The third-order valence-electron chi connectivity index (χ3n) is 1.82. The highest BCUT2D eigenvalue weighted by Gasteiger charge is 2.07. The molecule has 14 heavy (non-hydrogen) atoms. The number of hydrogen-bond donors (Lipinski definition) is 1. The van der Waals surface area contributed by atoms with Gasteiger partial charge in [-0.15, -0.1) is 0 Å². The van der Waals surface area contributed by atoms with E-state index in [0.717, 1.165) is 5.56 Å². The molecule has 0 amide bonds. The maximum absolute atomic E-state index is 8.72. The van der Waals surface area contributed by atoms with E-state index >= 15 is 0 Å². The van der Waals surface area contributed by atoms with Crippen LogP contribution in [0.5, 0.6) is 0 Å². The third-order valence-corrected chi connectivity index (χ3v) is 2.04. The summed E-state index contributed by atoms with van der Waals surface area (Å²) in [5, 5.41) is 9.24. The highest BCUT2D eigenvalue weighted by atomic mass is 35.5. The average molecular weight is 211 g/mol. The summed E-state index contributed by atoms with van der Waals surface area (Å²) in [7, 11) is 1.58. The van der Waals surface area contributed by atoms with Crippen molar-refractivity contribution in [3.63, 3.8) is 0 Å². The first-order valence-corrected chi connectivity index (χ1v) is 4.50. The van der Waals surface area contributed by atoms with Gasteiger partial charge < -0.3 is 10.5 Å². The maximum Gasteiger partial charge on any atom is 0.0992 e. The summed E-state index contributed by atoms with van der Waals surface area (Å²) < 4.78 is 4.92. The zero-order valence-electron chi connectivity index (χ0n) is 7.83. The van der Waals surface area contributed by atoms with Crippen LogP contribution in [0.25, 0.3) is 0 Å². The molecule has 0 aliphatic heterocycles. The Hall–Kier alpha value is -1.08. The number of nitriles is 1. The van der Waals surface area contributed by atoms with E-state index in [9.17, 15) is 0 Å². The fourth-order valence-corrected chi connectivity index (χ4v) is 1.41. The van der Waals surface area contributed by atoms with Gasteiger partial charge in [0.2, 0.25) is 0 Å². The van der Waals surface area contributed by atoms with Crippen molar-refractivity contribution in [1.29, 1.82) is 5.26 Å². The van der Waals surface area contributed by atoms with Gasteiger partial charge in [-0.1, -0.05) is 11.6 Å². The van der Waals surface area contributed by atoms with Crippen LogP contribution >= 0.6 is 11.6 Å². The topological polar surface area (TPSA) is 59.0 Å². The SMILES string of the molecule is COC[C@@H](N)c1cc(Cl)cc(C#N)c1. The summed E-state index contributed by atoms with van der Waals surface area (Å²) in [5.74, 6) is 0. The molecule has 2 N–H and O–H groups in total. The molecular formula is C10H11ClN2O. The summed E-state index contributed by atoms with van der Waals surface area (Å²) >= 11 is 5.83. The Morgan fingerprint density at radius 2 is 2.29 bits per heavy atom. The van der Waals surface area contributed by atoms with Crippen molar-refractivity contribution in [2.75, 3.05) is 13.7 Å². The van der Waals surface area contributed by atoms with Crippen LogP contribution in [0.2, 0.25) is 5.02 Å². The van der Waals surface area contributed by atoms with E-state index in [1.807, 2.05) is 6.07 Å². The summed E-state index contributed by atoms with van der Waals surface area (Å²) in [6.07, 6.45) is 0. The minimum atomic E-state index is -0.245. The molecule has 0 unspecified atom stereocenters. The molecule has 74 valence electrons. The zero-order chi connectivity index (χ0) is 10.6. The molecule has 0 radical (unpaired) electrons.